The first-order chi connectivity index (χ1) is 6.18. The molecule has 0 aromatic rings. The lowest BCUT2D eigenvalue weighted by Gasteiger charge is -2.18. The zero-order valence-electron chi connectivity index (χ0n) is 9.18. The van der Waals surface area contributed by atoms with Gasteiger partial charge in [-0.15, -0.1) is 0 Å². The van der Waals surface area contributed by atoms with E-state index in [1.165, 1.54) is 19.3 Å². The first-order valence-corrected chi connectivity index (χ1v) is 5.53. The summed E-state index contributed by atoms with van der Waals surface area (Å²) in [4.78, 5) is 0. The Morgan fingerprint density at radius 2 is 2.15 bits per heavy atom. The average molecular weight is 185 g/mol. The number of ether oxygens (including phenoxy) is 1. The van der Waals surface area contributed by atoms with Crippen molar-refractivity contribution in [1.29, 1.82) is 0 Å². The van der Waals surface area contributed by atoms with Gasteiger partial charge in [-0.25, -0.2) is 0 Å². The Hall–Kier alpha value is -0.0800. The van der Waals surface area contributed by atoms with Gasteiger partial charge in [0.1, 0.15) is 0 Å². The molecule has 0 bridgehead atoms. The lowest BCUT2D eigenvalue weighted by molar-refractivity contribution is 0.107. The minimum atomic E-state index is 0.481. The lowest BCUT2D eigenvalue weighted by atomic mass is 10.1. The van der Waals surface area contributed by atoms with Crippen LogP contribution in [0.1, 0.15) is 40.0 Å². The zero-order valence-corrected chi connectivity index (χ0v) is 9.18. The maximum Gasteiger partial charge on any atom is 0.0700 e. The van der Waals surface area contributed by atoms with Crippen LogP contribution in [0.2, 0.25) is 0 Å². The summed E-state index contributed by atoms with van der Waals surface area (Å²) in [7, 11) is 0. The molecule has 1 aliphatic heterocycles. The van der Waals surface area contributed by atoms with Crippen LogP contribution in [0.4, 0.5) is 0 Å². The van der Waals surface area contributed by atoms with Gasteiger partial charge in [-0.2, -0.15) is 0 Å². The first-order valence-electron chi connectivity index (χ1n) is 5.53. The highest BCUT2D eigenvalue weighted by Gasteiger charge is 2.15. The molecule has 1 heterocycles. The standard InChI is InChI=1S/C11H23NO/c1-9(2)7-10(3)12-8-11-5-4-6-13-11/h9-12H,4-8H2,1-3H3/t10-,11-/m0/s1. The van der Waals surface area contributed by atoms with Crippen LogP contribution in [-0.2, 0) is 4.74 Å². The van der Waals surface area contributed by atoms with Gasteiger partial charge in [-0.3, -0.25) is 0 Å². The van der Waals surface area contributed by atoms with Crippen LogP contribution < -0.4 is 5.32 Å². The average Bonchev–Trinajstić information content (AvgIpc) is 2.51. The summed E-state index contributed by atoms with van der Waals surface area (Å²) < 4.78 is 5.55. The van der Waals surface area contributed by atoms with Gasteiger partial charge >= 0.3 is 0 Å². The van der Waals surface area contributed by atoms with E-state index < -0.39 is 0 Å². The number of hydrogen-bond acceptors (Lipinski definition) is 2. The molecule has 2 heteroatoms. The number of nitrogens with one attached hydrogen (secondary N) is 1. The quantitative estimate of drug-likeness (QED) is 0.709. The van der Waals surface area contributed by atoms with Gasteiger partial charge in [-0.05, 0) is 32.1 Å². The third-order valence-corrected chi connectivity index (χ3v) is 2.54. The fourth-order valence-corrected chi connectivity index (χ4v) is 1.93. The molecule has 13 heavy (non-hydrogen) atoms. The van der Waals surface area contributed by atoms with Crippen molar-refractivity contribution in [2.24, 2.45) is 5.92 Å². The minimum Gasteiger partial charge on any atom is -0.377 e. The highest BCUT2D eigenvalue weighted by molar-refractivity contribution is 4.70. The van der Waals surface area contributed by atoms with E-state index in [0.717, 1.165) is 19.1 Å². The third kappa shape index (κ3) is 4.63. The van der Waals surface area contributed by atoms with Crippen molar-refractivity contribution in [2.45, 2.75) is 52.2 Å². The molecule has 2 atom stereocenters. The number of rotatable bonds is 5. The first kappa shape index (κ1) is 11.0. The van der Waals surface area contributed by atoms with Crippen LogP contribution in [-0.4, -0.2) is 25.3 Å². The van der Waals surface area contributed by atoms with E-state index in [-0.39, 0.29) is 0 Å². The van der Waals surface area contributed by atoms with Crippen molar-refractivity contribution < 1.29 is 4.74 Å². The van der Waals surface area contributed by atoms with Gasteiger partial charge in [0.05, 0.1) is 6.10 Å². The van der Waals surface area contributed by atoms with Crippen LogP contribution in [0.15, 0.2) is 0 Å². The summed E-state index contributed by atoms with van der Waals surface area (Å²) in [6, 6.07) is 0.629. The molecule has 0 aliphatic carbocycles. The molecule has 0 amide bonds. The van der Waals surface area contributed by atoms with E-state index in [9.17, 15) is 0 Å². The molecule has 1 rings (SSSR count). The Balaban J connectivity index is 2.03. The fourth-order valence-electron chi connectivity index (χ4n) is 1.93. The van der Waals surface area contributed by atoms with Crippen LogP contribution >= 0.6 is 0 Å². The van der Waals surface area contributed by atoms with Gasteiger partial charge in [0, 0.05) is 19.2 Å². The molecule has 1 N–H and O–H groups in total. The second kappa shape index (κ2) is 5.61. The molecule has 0 aromatic carbocycles. The van der Waals surface area contributed by atoms with Gasteiger partial charge in [0.2, 0.25) is 0 Å². The Morgan fingerprint density at radius 1 is 1.38 bits per heavy atom. The second-order valence-electron chi connectivity index (χ2n) is 4.57. The SMILES string of the molecule is CC(C)C[C@H](C)NC[C@@H]1CCCO1. The summed E-state index contributed by atoms with van der Waals surface area (Å²) in [6.45, 7) is 8.79. The summed E-state index contributed by atoms with van der Waals surface area (Å²) in [6.07, 6.45) is 4.22. The summed E-state index contributed by atoms with van der Waals surface area (Å²) in [5, 5.41) is 3.53. The van der Waals surface area contributed by atoms with Crippen LogP contribution in [0.3, 0.4) is 0 Å². The maximum atomic E-state index is 5.55. The summed E-state index contributed by atoms with van der Waals surface area (Å²) in [5.41, 5.74) is 0. The Kier molecular flexibility index (Phi) is 4.74. The molecular weight excluding hydrogens is 162 g/mol. The normalized spacial score (nSPS) is 25.4. The van der Waals surface area contributed by atoms with Crippen molar-refractivity contribution in [3.05, 3.63) is 0 Å². The van der Waals surface area contributed by atoms with E-state index in [2.05, 4.69) is 26.1 Å². The molecule has 1 saturated heterocycles. The van der Waals surface area contributed by atoms with E-state index in [1.807, 2.05) is 0 Å². The van der Waals surface area contributed by atoms with Crippen LogP contribution in [0, 0.1) is 5.92 Å². The monoisotopic (exact) mass is 185 g/mol. The molecular formula is C11H23NO. The molecule has 1 fully saturated rings. The second-order valence-corrected chi connectivity index (χ2v) is 4.57. The van der Waals surface area contributed by atoms with Crippen molar-refractivity contribution in [1.82, 2.24) is 5.32 Å². The Labute approximate surface area is 82.0 Å². The molecule has 0 aromatic heterocycles. The summed E-state index contributed by atoms with van der Waals surface area (Å²) in [5.74, 6) is 0.784. The van der Waals surface area contributed by atoms with E-state index in [1.54, 1.807) is 0 Å². The molecule has 0 radical (unpaired) electrons. The van der Waals surface area contributed by atoms with Crippen LogP contribution in [0.5, 0.6) is 0 Å². The van der Waals surface area contributed by atoms with Crippen molar-refractivity contribution in [2.75, 3.05) is 13.2 Å². The van der Waals surface area contributed by atoms with Gasteiger partial charge in [0.25, 0.3) is 0 Å². The van der Waals surface area contributed by atoms with Crippen LogP contribution in [0.25, 0.3) is 0 Å². The highest BCUT2D eigenvalue weighted by Crippen LogP contribution is 2.11. The van der Waals surface area contributed by atoms with Crippen molar-refractivity contribution in [3.8, 4) is 0 Å². The molecule has 0 saturated carbocycles. The number of hydrogen-bond donors (Lipinski definition) is 1. The molecule has 78 valence electrons. The molecule has 1 aliphatic rings. The predicted octanol–water partition coefficient (Wildman–Crippen LogP) is 2.19. The Bertz CT molecular complexity index is 130. The Morgan fingerprint density at radius 3 is 2.69 bits per heavy atom. The summed E-state index contributed by atoms with van der Waals surface area (Å²) >= 11 is 0. The fraction of sp³-hybridized carbons (Fsp3) is 1.00. The maximum absolute atomic E-state index is 5.55. The third-order valence-electron chi connectivity index (χ3n) is 2.54. The largest absolute Gasteiger partial charge is 0.377 e. The van der Waals surface area contributed by atoms with E-state index in [0.29, 0.717) is 12.1 Å². The smallest absolute Gasteiger partial charge is 0.0700 e. The molecule has 2 nitrogen and oxygen atoms in total. The molecule has 0 spiro atoms. The lowest BCUT2D eigenvalue weighted by Crippen LogP contribution is -2.34. The van der Waals surface area contributed by atoms with E-state index >= 15 is 0 Å². The van der Waals surface area contributed by atoms with Gasteiger partial charge in [0.15, 0.2) is 0 Å². The van der Waals surface area contributed by atoms with Crippen molar-refractivity contribution >= 4 is 0 Å². The van der Waals surface area contributed by atoms with Crippen molar-refractivity contribution in [3.63, 3.8) is 0 Å². The predicted molar refractivity (Wildman–Crippen MR) is 55.9 cm³/mol. The highest BCUT2D eigenvalue weighted by atomic mass is 16.5. The minimum absolute atomic E-state index is 0.481. The topological polar surface area (TPSA) is 21.3 Å². The zero-order chi connectivity index (χ0) is 9.68. The van der Waals surface area contributed by atoms with Gasteiger partial charge in [-0.1, -0.05) is 13.8 Å². The molecule has 0 unspecified atom stereocenters. The van der Waals surface area contributed by atoms with E-state index in [4.69, 9.17) is 4.74 Å². The van der Waals surface area contributed by atoms with Gasteiger partial charge < -0.3 is 10.1 Å².